The summed E-state index contributed by atoms with van der Waals surface area (Å²) >= 11 is 6.32. The van der Waals surface area contributed by atoms with Crippen LogP contribution in [-0.2, 0) is 0 Å². The molecule has 10 heteroatoms. The fourth-order valence-electron chi connectivity index (χ4n) is 5.75. The van der Waals surface area contributed by atoms with Crippen LogP contribution in [-0.4, -0.2) is 84.1 Å². The molecule has 3 aromatic carbocycles. The Morgan fingerprint density at radius 1 is 0.977 bits per heavy atom. The third-order valence-electron chi connectivity index (χ3n) is 8.06. The number of nitrogens with zero attached hydrogens (tertiary/aromatic N) is 4. The van der Waals surface area contributed by atoms with Crippen LogP contribution in [0.25, 0.3) is 17.1 Å². The van der Waals surface area contributed by atoms with Gasteiger partial charge in [-0.1, -0.05) is 48.0 Å². The molecule has 1 aromatic heterocycles. The van der Waals surface area contributed by atoms with E-state index in [1.807, 2.05) is 79.1 Å². The topological polar surface area (TPSA) is 92.1 Å². The minimum atomic E-state index is -0.711. The molecule has 4 aromatic rings. The molecule has 2 aliphatic rings. The standard InChI is InChI=1S/C33H36ClN5O4/c1-22-27(34)9-6-10-28(22)38-15-13-37(14-16-38)21-26(40)20-35-33(41)31-23(2)39(32(36-31)24-7-4-3-5-8-24)25-11-12-29-30(19-25)43-18-17-42-29/h3-12,19,26,40H,13-18,20-21H2,1-2H3,(H,35,41). The molecule has 2 aliphatic heterocycles. The zero-order valence-electron chi connectivity index (χ0n) is 24.4. The Labute approximate surface area is 256 Å². The molecule has 0 aliphatic carbocycles. The number of hydrogen-bond acceptors (Lipinski definition) is 7. The number of benzene rings is 3. The van der Waals surface area contributed by atoms with Gasteiger partial charge in [-0.05, 0) is 43.7 Å². The molecule has 224 valence electrons. The number of carbonyl (C=O) groups is 1. The van der Waals surface area contributed by atoms with Crippen molar-refractivity contribution in [2.75, 3.05) is 57.4 Å². The molecule has 0 saturated carbocycles. The van der Waals surface area contributed by atoms with E-state index in [4.69, 9.17) is 26.1 Å². The van der Waals surface area contributed by atoms with Gasteiger partial charge in [0.1, 0.15) is 24.7 Å². The van der Waals surface area contributed by atoms with Crippen molar-refractivity contribution in [1.29, 1.82) is 0 Å². The van der Waals surface area contributed by atoms with Crippen LogP contribution in [0.5, 0.6) is 11.5 Å². The van der Waals surface area contributed by atoms with Crippen molar-refractivity contribution in [1.82, 2.24) is 19.8 Å². The average molecular weight is 602 g/mol. The summed E-state index contributed by atoms with van der Waals surface area (Å²) < 4.78 is 13.5. The monoisotopic (exact) mass is 601 g/mol. The molecule has 1 amide bonds. The van der Waals surface area contributed by atoms with E-state index in [0.717, 1.165) is 53.7 Å². The van der Waals surface area contributed by atoms with Gasteiger partial charge < -0.3 is 24.8 Å². The molecule has 2 N–H and O–H groups in total. The average Bonchev–Trinajstić information content (AvgIpc) is 3.39. The van der Waals surface area contributed by atoms with E-state index in [0.29, 0.717) is 48.5 Å². The Kier molecular flexibility index (Phi) is 8.56. The van der Waals surface area contributed by atoms with E-state index in [9.17, 15) is 9.90 Å². The number of aliphatic hydroxyl groups excluding tert-OH is 1. The van der Waals surface area contributed by atoms with Gasteiger partial charge in [0.2, 0.25) is 0 Å². The molecule has 0 bridgehead atoms. The number of nitrogens with one attached hydrogen (secondary N) is 1. The lowest BCUT2D eigenvalue weighted by Crippen LogP contribution is -2.50. The number of piperazine rings is 1. The van der Waals surface area contributed by atoms with Crippen molar-refractivity contribution in [2.24, 2.45) is 0 Å². The number of carbonyl (C=O) groups excluding carboxylic acids is 1. The number of hydrogen-bond donors (Lipinski definition) is 2. The Morgan fingerprint density at radius 3 is 2.49 bits per heavy atom. The summed E-state index contributed by atoms with van der Waals surface area (Å²) in [4.78, 5) is 22.7. The molecule has 1 saturated heterocycles. The molecule has 1 unspecified atom stereocenters. The number of aliphatic hydroxyl groups is 1. The van der Waals surface area contributed by atoms with Gasteiger partial charge in [-0.15, -0.1) is 0 Å². The Hall–Kier alpha value is -4.05. The van der Waals surface area contributed by atoms with Gasteiger partial charge in [0, 0.05) is 61.6 Å². The smallest absolute Gasteiger partial charge is 0.271 e. The number of β-amino-alcohol motifs (C(OH)–C–C–N with tert-alkyl or cyclic N) is 1. The highest BCUT2D eigenvalue weighted by Gasteiger charge is 2.25. The normalized spacial score (nSPS) is 15.8. The second kappa shape index (κ2) is 12.7. The lowest BCUT2D eigenvalue weighted by Gasteiger charge is -2.37. The molecule has 0 spiro atoms. The maximum Gasteiger partial charge on any atom is 0.271 e. The second-order valence-electron chi connectivity index (χ2n) is 10.9. The molecule has 9 nitrogen and oxygen atoms in total. The maximum atomic E-state index is 13.4. The lowest BCUT2D eigenvalue weighted by molar-refractivity contribution is 0.0847. The van der Waals surface area contributed by atoms with Crippen molar-refractivity contribution in [3.63, 3.8) is 0 Å². The van der Waals surface area contributed by atoms with Crippen molar-refractivity contribution >= 4 is 23.2 Å². The highest BCUT2D eigenvalue weighted by molar-refractivity contribution is 6.31. The predicted octanol–water partition coefficient (Wildman–Crippen LogP) is 4.49. The van der Waals surface area contributed by atoms with Crippen LogP contribution in [0, 0.1) is 13.8 Å². The van der Waals surface area contributed by atoms with E-state index in [-0.39, 0.29) is 12.5 Å². The number of aromatic nitrogens is 2. The number of halogens is 1. The summed E-state index contributed by atoms with van der Waals surface area (Å²) in [5.74, 6) is 1.68. The fraction of sp³-hybridized carbons (Fsp3) is 0.333. The van der Waals surface area contributed by atoms with Crippen molar-refractivity contribution < 1.29 is 19.4 Å². The quantitative estimate of drug-likeness (QED) is 0.307. The summed E-state index contributed by atoms with van der Waals surface area (Å²) in [5, 5.41) is 14.5. The summed E-state index contributed by atoms with van der Waals surface area (Å²) in [6, 6.07) is 21.5. The van der Waals surface area contributed by atoms with Crippen molar-refractivity contribution in [2.45, 2.75) is 20.0 Å². The van der Waals surface area contributed by atoms with Gasteiger partial charge in [-0.3, -0.25) is 14.3 Å². The molecule has 3 heterocycles. The van der Waals surface area contributed by atoms with E-state index in [1.165, 1.54) is 0 Å². The lowest BCUT2D eigenvalue weighted by atomic mass is 10.1. The molecule has 1 fully saturated rings. The van der Waals surface area contributed by atoms with Crippen molar-refractivity contribution in [3.8, 4) is 28.6 Å². The van der Waals surface area contributed by atoms with Gasteiger partial charge in [0.25, 0.3) is 5.91 Å². The number of ether oxygens (including phenoxy) is 2. The first-order valence-electron chi connectivity index (χ1n) is 14.6. The van der Waals surface area contributed by atoms with Gasteiger partial charge in [-0.25, -0.2) is 4.98 Å². The van der Waals surface area contributed by atoms with Crippen LogP contribution in [0.2, 0.25) is 5.02 Å². The first-order valence-corrected chi connectivity index (χ1v) is 15.0. The van der Waals surface area contributed by atoms with Gasteiger partial charge in [0.15, 0.2) is 11.5 Å². The second-order valence-corrected chi connectivity index (χ2v) is 11.3. The fourth-order valence-corrected chi connectivity index (χ4v) is 5.92. The molecule has 43 heavy (non-hydrogen) atoms. The highest BCUT2D eigenvalue weighted by Crippen LogP contribution is 2.35. The largest absolute Gasteiger partial charge is 0.486 e. The van der Waals surface area contributed by atoms with E-state index in [2.05, 4.69) is 21.2 Å². The number of amides is 1. The van der Waals surface area contributed by atoms with E-state index in [1.54, 1.807) is 0 Å². The maximum absolute atomic E-state index is 13.4. The minimum Gasteiger partial charge on any atom is -0.486 e. The molecule has 0 radical (unpaired) electrons. The predicted molar refractivity (Wildman–Crippen MR) is 168 cm³/mol. The number of fused-ring (bicyclic) bond motifs is 1. The zero-order chi connectivity index (χ0) is 29.9. The summed E-state index contributed by atoms with van der Waals surface area (Å²) in [6.45, 7) is 8.85. The SMILES string of the molecule is Cc1c(Cl)cccc1N1CCN(CC(O)CNC(=O)c2nc(-c3ccccc3)n(-c3ccc4c(c3)OCCO4)c2C)CC1. The van der Waals surface area contributed by atoms with E-state index >= 15 is 0 Å². The van der Waals surface area contributed by atoms with Crippen LogP contribution in [0.15, 0.2) is 66.7 Å². The Balaban J connectivity index is 1.12. The van der Waals surface area contributed by atoms with Crippen LogP contribution in [0.4, 0.5) is 5.69 Å². The number of imidazole rings is 1. The number of rotatable bonds is 8. The molecular formula is C33H36ClN5O4. The highest BCUT2D eigenvalue weighted by atomic mass is 35.5. The van der Waals surface area contributed by atoms with Crippen LogP contribution < -0.4 is 19.7 Å². The third kappa shape index (κ3) is 6.20. The Bertz CT molecular complexity index is 1600. The molecular weight excluding hydrogens is 566 g/mol. The Morgan fingerprint density at radius 2 is 1.72 bits per heavy atom. The van der Waals surface area contributed by atoms with Crippen LogP contribution >= 0.6 is 11.6 Å². The summed E-state index contributed by atoms with van der Waals surface area (Å²) in [7, 11) is 0. The zero-order valence-corrected chi connectivity index (χ0v) is 25.2. The van der Waals surface area contributed by atoms with Crippen LogP contribution in [0.1, 0.15) is 21.7 Å². The molecule has 1 atom stereocenters. The third-order valence-corrected chi connectivity index (χ3v) is 8.47. The van der Waals surface area contributed by atoms with Gasteiger partial charge >= 0.3 is 0 Å². The molecule has 6 rings (SSSR count). The number of anilines is 1. The summed E-state index contributed by atoms with van der Waals surface area (Å²) in [6.07, 6.45) is -0.711. The van der Waals surface area contributed by atoms with Crippen molar-refractivity contribution in [3.05, 3.63) is 88.7 Å². The van der Waals surface area contributed by atoms with E-state index < -0.39 is 6.10 Å². The first kappa shape index (κ1) is 29.0. The van der Waals surface area contributed by atoms with Crippen LogP contribution in [0.3, 0.4) is 0 Å². The summed E-state index contributed by atoms with van der Waals surface area (Å²) in [5.41, 5.74) is 4.94. The minimum absolute atomic E-state index is 0.128. The van der Waals surface area contributed by atoms with Gasteiger partial charge in [0.05, 0.1) is 17.5 Å². The van der Waals surface area contributed by atoms with Gasteiger partial charge in [-0.2, -0.15) is 0 Å². The first-order chi connectivity index (χ1) is 20.9.